The van der Waals surface area contributed by atoms with Gasteiger partial charge in [0.2, 0.25) is 0 Å². The molecular formula is C20H25BrN6OS. The first-order valence-electron chi connectivity index (χ1n) is 9.64. The molecule has 0 amide bonds. The van der Waals surface area contributed by atoms with Crippen LogP contribution in [0.3, 0.4) is 0 Å². The molecule has 29 heavy (non-hydrogen) atoms. The molecule has 0 bridgehead atoms. The van der Waals surface area contributed by atoms with Gasteiger partial charge in [0.15, 0.2) is 0 Å². The Kier molecular flexibility index (Phi) is 5.63. The first-order chi connectivity index (χ1) is 13.9. The zero-order valence-corrected chi connectivity index (χ0v) is 19.0. The molecule has 3 aromatic rings. The van der Waals surface area contributed by atoms with Crippen LogP contribution < -0.4 is 5.73 Å². The van der Waals surface area contributed by atoms with Gasteiger partial charge < -0.3 is 15.2 Å². The predicted octanol–water partition coefficient (Wildman–Crippen LogP) is 3.90. The minimum absolute atomic E-state index is 0.456. The number of nitrogen functional groups attached to an aromatic ring is 1. The standard InChI is InChI=1S/C20H25BrN6OS/c1-26(2)9-10-27-18(21)16(17-19(22)23-13-24-20(17)27)14-5-7-15(8-6-14)25-29(28)11-3-4-12-29/h5-8,13H,3-4,9-12H2,1-2H3,(H2,22,23,24). The van der Waals surface area contributed by atoms with Crippen molar-refractivity contribution in [3.05, 3.63) is 35.2 Å². The average molecular weight is 477 g/mol. The van der Waals surface area contributed by atoms with Crippen molar-refractivity contribution in [1.29, 1.82) is 0 Å². The first kappa shape index (κ1) is 20.3. The molecule has 0 spiro atoms. The van der Waals surface area contributed by atoms with Gasteiger partial charge in [-0.25, -0.2) is 14.2 Å². The highest BCUT2D eigenvalue weighted by molar-refractivity contribution is 9.10. The maximum Gasteiger partial charge on any atom is 0.147 e. The number of rotatable bonds is 5. The van der Waals surface area contributed by atoms with Gasteiger partial charge in [-0.2, -0.15) is 4.36 Å². The predicted molar refractivity (Wildman–Crippen MR) is 123 cm³/mol. The Labute approximate surface area is 179 Å². The molecule has 0 unspecified atom stereocenters. The molecule has 1 aliphatic heterocycles. The fourth-order valence-corrected chi connectivity index (χ4v) is 6.64. The number of benzene rings is 1. The van der Waals surface area contributed by atoms with Crippen LogP contribution in [0.1, 0.15) is 12.8 Å². The molecular weight excluding hydrogens is 452 g/mol. The number of fused-ring (bicyclic) bond motifs is 1. The minimum Gasteiger partial charge on any atom is -0.383 e. The Morgan fingerprint density at radius 2 is 1.90 bits per heavy atom. The van der Waals surface area contributed by atoms with E-state index in [2.05, 4.69) is 39.7 Å². The van der Waals surface area contributed by atoms with E-state index in [1.807, 2.05) is 38.4 Å². The Balaban J connectivity index is 1.79. The highest BCUT2D eigenvalue weighted by Gasteiger charge is 2.21. The van der Waals surface area contributed by atoms with Gasteiger partial charge in [-0.1, -0.05) is 12.1 Å². The molecule has 0 atom stereocenters. The van der Waals surface area contributed by atoms with Gasteiger partial charge in [0.25, 0.3) is 0 Å². The lowest BCUT2D eigenvalue weighted by molar-refractivity contribution is 0.385. The SMILES string of the molecule is CN(C)CCn1c(Br)c(-c2ccc(N=S3(=O)CCCC3)cc2)c2c(N)ncnc21. The largest absolute Gasteiger partial charge is 0.383 e. The molecule has 2 N–H and O–H groups in total. The highest BCUT2D eigenvalue weighted by Crippen LogP contribution is 2.40. The van der Waals surface area contributed by atoms with Gasteiger partial charge in [0.1, 0.15) is 17.8 Å². The fourth-order valence-electron chi connectivity index (χ4n) is 3.66. The Bertz CT molecular complexity index is 1150. The summed E-state index contributed by atoms with van der Waals surface area (Å²) in [5.74, 6) is 1.86. The van der Waals surface area contributed by atoms with Crippen molar-refractivity contribution in [2.75, 3.05) is 37.9 Å². The van der Waals surface area contributed by atoms with Gasteiger partial charge in [-0.15, -0.1) is 0 Å². The summed E-state index contributed by atoms with van der Waals surface area (Å²) in [5.41, 5.74) is 9.77. The van der Waals surface area contributed by atoms with Crippen LogP contribution in [0, 0.1) is 0 Å². The molecule has 7 nitrogen and oxygen atoms in total. The molecule has 154 valence electrons. The van der Waals surface area contributed by atoms with Crippen LogP contribution in [0.15, 0.2) is 39.6 Å². The van der Waals surface area contributed by atoms with Crippen molar-refractivity contribution < 1.29 is 4.21 Å². The number of hydrogen-bond acceptors (Lipinski definition) is 6. The zero-order valence-electron chi connectivity index (χ0n) is 16.6. The van der Waals surface area contributed by atoms with E-state index in [1.54, 1.807) is 0 Å². The van der Waals surface area contributed by atoms with Crippen LogP contribution in [0.25, 0.3) is 22.2 Å². The lowest BCUT2D eigenvalue weighted by Gasteiger charge is -2.12. The summed E-state index contributed by atoms with van der Waals surface area (Å²) in [6.07, 6.45) is 3.50. The van der Waals surface area contributed by atoms with Crippen molar-refractivity contribution in [2.45, 2.75) is 19.4 Å². The maximum atomic E-state index is 12.7. The summed E-state index contributed by atoms with van der Waals surface area (Å²) in [7, 11) is 2.01. The normalized spacial score (nSPS) is 16.0. The second-order valence-corrected chi connectivity index (χ2v) is 10.9. The smallest absolute Gasteiger partial charge is 0.147 e. The summed E-state index contributed by atoms with van der Waals surface area (Å²) in [6, 6.07) is 7.85. The van der Waals surface area contributed by atoms with Crippen LogP contribution in [0.4, 0.5) is 11.5 Å². The maximum absolute atomic E-state index is 12.7. The minimum atomic E-state index is -2.08. The molecule has 1 fully saturated rings. The molecule has 0 radical (unpaired) electrons. The summed E-state index contributed by atoms with van der Waals surface area (Å²) in [5, 5.41) is 0.838. The van der Waals surface area contributed by atoms with Gasteiger partial charge >= 0.3 is 0 Å². The molecule has 0 aliphatic carbocycles. The summed E-state index contributed by atoms with van der Waals surface area (Å²) < 4.78 is 20.3. The van der Waals surface area contributed by atoms with E-state index in [0.29, 0.717) is 17.3 Å². The van der Waals surface area contributed by atoms with Crippen molar-refractivity contribution in [2.24, 2.45) is 4.36 Å². The van der Waals surface area contributed by atoms with Crippen molar-refractivity contribution in [1.82, 2.24) is 19.4 Å². The molecule has 9 heteroatoms. The quantitative estimate of drug-likeness (QED) is 0.602. The van der Waals surface area contributed by atoms with Crippen LogP contribution in [0.2, 0.25) is 0 Å². The third kappa shape index (κ3) is 4.04. The number of aromatic nitrogens is 3. The molecule has 1 aliphatic rings. The highest BCUT2D eigenvalue weighted by atomic mass is 79.9. The first-order valence-corrected chi connectivity index (χ1v) is 12.3. The second-order valence-electron chi connectivity index (χ2n) is 7.60. The van der Waals surface area contributed by atoms with Gasteiger partial charge in [-0.05, 0) is 60.6 Å². The van der Waals surface area contributed by atoms with E-state index < -0.39 is 9.73 Å². The van der Waals surface area contributed by atoms with Gasteiger partial charge in [0.05, 0.1) is 25.4 Å². The third-order valence-electron chi connectivity index (χ3n) is 5.18. The van der Waals surface area contributed by atoms with Gasteiger partial charge in [-0.3, -0.25) is 0 Å². The number of hydrogen-bond donors (Lipinski definition) is 1. The Morgan fingerprint density at radius 3 is 2.55 bits per heavy atom. The zero-order chi connectivity index (χ0) is 20.6. The summed E-state index contributed by atoms with van der Waals surface area (Å²) in [4.78, 5) is 10.8. The monoisotopic (exact) mass is 476 g/mol. The molecule has 3 heterocycles. The van der Waals surface area contributed by atoms with Crippen LogP contribution >= 0.6 is 15.9 Å². The van der Waals surface area contributed by atoms with Crippen LogP contribution in [-0.4, -0.2) is 55.8 Å². The number of halogens is 1. The number of nitrogens with two attached hydrogens (primary N) is 1. The van der Waals surface area contributed by atoms with Crippen LogP contribution in [-0.2, 0) is 16.3 Å². The summed E-state index contributed by atoms with van der Waals surface area (Å²) >= 11 is 3.77. The fraction of sp³-hybridized carbons (Fsp3) is 0.400. The lowest BCUT2D eigenvalue weighted by Crippen LogP contribution is -2.18. The average Bonchev–Trinajstić information content (AvgIpc) is 3.22. The van der Waals surface area contributed by atoms with Crippen molar-refractivity contribution >= 4 is 48.2 Å². The van der Waals surface area contributed by atoms with E-state index in [1.165, 1.54) is 6.33 Å². The summed E-state index contributed by atoms with van der Waals surface area (Å²) in [6.45, 7) is 1.65. The Hall–Kier alpha value is -1.97. The number of nitrogens with zero attached hydrogens (tertiary/aromatic N) is 5. The Morgan fingerprint density at radius 1 is 1.21 bits per heavy atom. The molecule has 2 aromatic heterocycles. The van der Waals surface area contributed by atoms with Gasteiger partial charge in [0, 0.05) is 30.2 Å². The number of anilines is 1. The lowest BCUT2D eigenvalue weighted by atomic mass is 10.1. The van der Waals surface area contributed by atoms with E-state index >= 15 is 0 Å². The van der Waals surface area contributed by atoms with E-state index in [4.69, 9.17) is 5.73 Å². The third-order valence-corrected chi connectivity index (χ3v) is 8.40. The van der Waals surface area contributed by atoms with Crippen molar-refractivity contribution in [3.8, 4) is 11.1 Å². The second kappa shape index (κ2) is 8.04. The van der Waals surface area contributed by atoms with Crippen molar-refractivity contribution in [3.63, 3.8) is 0 Å². The van der Waals surface area contributed by atoms with Crippen LogP contribution in [0.5, 0.6) is 0 Å². The molecule has 1 saturated heterocycles. The van der Waals surface area contributed by atoms with E-state index in [9.17, 15) is 4.21 Å². The molecule has 4 rings (SSSR count). The molecule has 0 saturated carbocycles. The molecule has 1 aromatic carbocycles. The topological polar surface area (TPSA) is 89.4 Å². The van der Waals surface area contributed by atoms with E-state index in [0.717, 1.165) is 58.4 Å². The van der Waals surface area contributed by atoms with E-state index in [-0.39, 0.29) is 0 Å². The number of likely N-dealkylation sites (N-methyl/N-ethyl adjacent to an activating group) is 1.